The molecule has 126 valence electrons. The zero-order valence-electron chi connectivity index (χ0n) is 12.5. The van der Waals surface area contributed by atoms with E-state index in [-0.39, 0.29) is 6.61 Å². The van der Waals surface area contributed by atoms with Crippen molar-refractivity contribution < 1.29 is 29.4 Å². The van der Waals surface area contributed by atoms with Gasteiger partial charge < -0.3 is 20.5 Å². The minimum absolute atomic E-state index is 0.0488. The quantitative estimate of drug-likeness (QED) is 0.331. The Labute approximate surface area is 132 Å². The van der Waals surface area contributed by atoms with E-state index in [1.807, 2.05) is 6.07 Å². The van der Waals surface area contributed by atoms with Crippen LogP contribution in [-0.4, -0.2) is 46.9 Å². The van der Waals surface area contributed by atoms with Gasteiger partial charge in [-0.25, -0.2) is 10.3 Å². The van der Waals surface area contributed by atoms with E-state index < -0.39 is 36.6 Å². The van der Waals surface area contributed by atoms with Gasteiger partial charge in [-0.3, -0.25) is 14.8 Å². The predicted octanol–water partition coefficient (Wildman–Crippen LogP) is -0.716. The van der Waals surface area contributed by atoms with Crippen molar-refractivity contribution in [3.05, 3.63) is 35.9 Å². The lowest BCUT2D eigenvalue weighted by Gasteiger charge is -2.18. The highest BCUT2D eigenvalue weighted by Gasteiger charge is 2.23. The lowest BCUT2D eigenvalue weighted by molar-refractivity contribution is -0.136. The number of hydroxylamine groups is 1. The van der Waals surface area contributed by atoms with Crippen molar-refractivity contribution in [1.82, 2.24) is 16.1 Å². The third-order valence-electron chi connectivity index (χ3n) is 2.87. The van der Waals surface area contributed by atoms with E-state index in [1.165, 1.54) is 12.4 Å². The average molecular weight is 325 g/mol. The molecule has 0 aliphatic heterocycles. The first-order valence-corrected chi connectivity index (χ1v) is 6.80. The maximum Gasteiger partial charge on any atom is 0.408 e. The highest BCUT2D eigenvalue weighted by Crippen LogP contribution is 2.00. The molecule has 0 spiro atoms. The minimum Gasteiger partial charge on any atom is -0.445 e. The Morgan fingerprint density at radius 1 is 1.13 bits per heavy atom. The van der Waals surface area contributed by atoms with Crippen LogP contribution in [0.3, 0.4) is 0 Å². The van der Waals surface area contributed by atoms with Crippen LogP contribution in [0.1, 0.15) is 12.5 Å². The number of nitrogens with one attached hydrogen (secondary N) is 3. The topological polar surface area (TPSA) is 137 Å². The molecule has 0 bridgehead atoms. The Morgan fingerprint density at radius 3 is 2.35 bits per heavy atom. The van der Waals surface area contributed by atoms with E-state index in [2.05, 4.69) is 10.6 Å². The molecule has 9 nitrogen and oxygen atoms in total. The zero-order chi connectivity index (χ0) is 17.2. The normalized spacial score (nSPS) is 12.7. The fraction of sp³-hybridized carbons (Fsp3) is 0.357. The molecule has 23 heavy (non-hydrogen) atoms. The lowest BCUT2D eigenvalue weighted by atomic mass is 10.2. The molecule has 0 heterocycles. The SMILES string of the molecule is C[C@H](NC(=O)OCc1ccccc1)C(=O)N[C@@H](CO)C(=O)NO. The second-order valence-electron chi connectivity index (χ2n) is 4.65. The van der Waals surface area contributed by atoms with E-state index >= 15 is 0 Å². The summed E-state index contributed by atoms with van der Waals surface area (Å²) >= 11 is 0. The molecule has 0 saturated heterocycles. The van der Waals surface area contributed by atoms with Crippen molar-refractivity contribution in [3.8, 4) is 0 Å². The Morgan fingerprint density at radius 2 is 1.78 bits per heavy atom. The van der Waals surface area contributed by atoms with Crippen LogP contribution in [0.15, 0.2) is 30.3 Å². The first-order chi connectivity index (χ1) is 11.0. The molecule has 0 aliphatic carbocycles. The number of aliphatic hydroxyl groups is 1. The Hall–Kier alpha value is -2.65. The molecule has 0 fully saturated rings. The first-order valence-electron chi connectivity index (χ1n) is 6.80. The Kier molecular flexibility index (Phi) is 7.51. The summed E-state index contributed by atoms with van der Waals surface area (Å²) in [6.07, 6.45) is -0.802. The van der Waals surface area contributed by atoms with Gasteiger partial charge in [0.2, 0.25) is 5.91 Å². The van der Waals surface area contributed by atoms with Gasteiger partial charge in [-0.2, -0.15) is 0 Å². The van der Waals surface area contributed by atoms with E-state index in [0.29, 0.717) is 0 Å². The summed E-state index contributed by atoms with van der Waals surface area (Å²) in [6, 6.07) is 6.67. The van der Waals surface area contributed by atoms with Gasteiger partial charge in [0.15, 0.2) is 0 Å². The number of benzene rings is 1. The molecule has 1 aromatic carbocycles. The maximum atomic E-state index is 11.8. The van der Waals surface area contributed by atoms with Crippen molar-refractivity contribution in [2.24, 2.45) is 0 Å². The number of aliphatic hydroxyl groups excluding tert-OH is 1. The number of rotatable bonds is 7. The molecular formula is C14H19N3O6. The van der Waals surface area contributed by atoms with Crippen molar-refractivity contribution in [3.63, 3.8) is 0 Å². The molecule has 0 aliphatic rings. The van der Waals surface area contributed by atoms with Gasteiger partial charge in [-0.05, 0) is 12.5 Å². The zero-order valence-corrected chi connectivity index (χ0v) is 12.5. The summed E-state index contributed by atoms with van der Waals surface area (Å²) < 4.78 is 4.95. The van der Waals surface area contributed by atoms with Crippen molar-refractivity contribution >= 4 is 17.9 Å². The third-order valence-corrected chi connectivity index (χ3v) is 2.87. The standard InChI is InChI=1S/C14H19N3O6/c1-9(12(19)16-11(7-18)13(20)17-22)15-14(21)23-8-10-5-3-2-4-6-10/h2-6,9,11,18,22H,7-8H2,1H3,(H,15,21)(H,16,19)(H,17,20)/t9-,11-/m0/s1. The van der Waals surface area contributed by atoms with Crippen molar-refractivity contribution in [2.75, 3.05) is 6.61 Å². The third kappa shape index (κ3) is 6.32. The van der Waals surface area contributed by atoms with E-state index in [4.69, 9.17) is 15.1 Å². The second kappa shape index (κ2) is 9.38. The number of carbonyl (C=O) groups is 3. The molecule has 0 radical (unpaired) electrons. The highest BCUT2D eigenvalue weighted by molar-refractivity contribution is 5.90. The molecule has 3 amide bonds. The molecule has 1 aromatic rings. The van der Waals surface area contributed by atoms with Gasteiger partial charge in [-0.15, -0.1) is 0 Å². The number of hydrogen-bond donors (Lipinski definition) is 5. The van der Waals surface area contributed by atoms with Crippen LogP contribution in [0.5, 0.6) is 0 Å². The monoisotopic (exact) mass is 325 g/mol. The summed E-state index contributed by atoms with van der Waals surface area (Å²) in [5.74, 6) is -1.69. The molecule has 2 atom stereocenters. The summed E-state index contributed by atoms with van der Waals surface area (Å²) in [6.45, 7) is 0.723. The second-order valence-corrected chi connectivity index (χ2v) is 4.65. The number of amides is 3. The number of carbonyl (C=O) groups excluding carboxylic acids is 3. The van der Waals surface area contributed by atoms with Crippen LogP contribution < -0.4 is 16.1 Å². The van der Waals surface area contributed by atoms with Crippen molar-refractivity contribution in [2.45, 2.75) is 25.6 Å². The molecule has 1 rings (SSSR count). The fourth-order valence-corrected chi connectivity index (χ4v) is 1.58. The summed E-state index contributed by atoms with van der Waals surface area (Å²) in [5, 5.41) is 21.9. The lowest BCUT2D eigenvalue weighted by Crippen LogP contribution is -2.53. The Balaban J connectivity index is 2.41. The number of ether oxygens (including phenoxy) is 1. The van der Waals surface area contributed by atoms with Gasteiger partial charge in [0.1, 0.15) is 18.7 Å². The number of alkyl carbamates (subject to hydrolysis) is 1. The Bertz CT molecular complexity index is 537. The van der Waals surface area contributed by atoms with Crippen LogP contribution in [0.4, 0.5) is 4.79 Å². The van der Waals surface area contributed by atoms with Gasteiger partial charge in [0.05, 0.1) is 6.61 Å². The summed E-state index contributed by atoms with van der Waals surface area (Å²) in [5.41, 5.74) is 2.11. The van der Waals surface area contributed by atoms with Crippen LogP contribution in [0.25, 0.3) is 0 Å². The van der Waals surface area contributed by atoms with E-state index in [0.717, 1.165) is 5.56 Å². The van der Waals surface area contributed by atoms with Crippen LogP contribution in [0, 0.1) is 0 Å². The van der Waals surface area contributed by atoms with Gasteiger partial charge in [0, 0.05) is 0 Å². The summed E-state index contributed by atoms with van der Waals surface area (Å²) in [4.78, 5) is 34.5. The molecule has 5 N–H and O–H groups in total. The van der Waals surface area contributed by atoms with E-state index in [1.54, 1.807) is 24.3 Å². The van der Waals surface area contributed by atoms with Gasteiger partial charge in [0.25, 0.3) is 5.91 Å². The molecule has 0 aromatic heterocycles. The largest absolute Gasteiger partial charge is 0.445 e. The summed E-state index contributed by atoms with van der Waals surface area (Å²) in [7, 11) is 0. The van der Waals surface area contributed by atoms with E-state index in [9.17, 15) is 14.4 Å². The minimum atomic E-state index is -1.32. The van der Waals surface area contributed by atoms with Crippen LogP contribution >= 0.6 is 0 Å². The molecular weight excluding hydrogens is 306 g/mol. The first kappa shape index (κ1) is 18.4. The van der Waals surface area contributed by atoms with Crippen LogP contribution in [-0.2, 0) is 20.9 Å². The smallest absolute Gasteiger partial charge is 0.408 e. The van der Waals surface area contributed by atoms with Gasteiger partial charge >= 0.3 is 6.09 Å². The average Bonchev–Trinajstić information content (AvgIpc) is 2.57. The highest BCUT2D eigenvalue weighted by atomic mass is 16.5. The predicted molar refractivity (Wildman–Crippen MR) is 78.2 cm³/mol. The van der Waals surface area contributed by atoms with Crippen molar-refractivity contribution in [1.29, 1.82) is 0 Å². The molecule has 0 saturated carbocycles. The number of hydrogen-bond acceptors (Lipinski definition) is 6. The van der Waals surface area contributed by atoms with Gasteiger partial charge in [-0.1, -0.05) is 30.3 Å². The van der Waals surface area contributed by atoms with Crippen LogP contribution in [0.2, 0.25) is 0 Å². The fourth-order valence-electron chi connectivity index (χ4n) is 1.58. The molecule has 9 heteroatoms. The molecule has 0 unspecified atom stereocenters. The maximum absolute atomic E-state index is 11.8.